The molecule has 328 valence electrons. The van der Waals surface area contributed by atoms with E-state index in [0.29, 0.717) is 0 Å². The van der Waals surface area contributed by atoms with E-state index in [-0.39, 0.29) is 0 Å². The minimum Gasteiger partial charge on any atom is -0.358 e. The van der Waals surface area contributed by atoms with Gasteiger partial charge in [0.1, 0.15) is 7.85 Å². The molecule has 4 aliphatic rings. The Morgan fingerprint density at radius 2 is 1.42 bits per heavy atom. The Labute approximate surface area is 399 Å². The molecule has 2 nitrogen and oxygen atoms in total. The highest BCUT2D eigenvalue weighted by Crippen LogP contribution is 2.49. The van der Waals surface area contributed by atoms with Crippen LogP contribution in [0.3, 0.4) is 0 Å². The van der Waals surface area contributed by atoms with Crippen molar-refractivity contribution in [3.63, 3.8) is 0 Å². The molecule has 2 heterocycles. The first-order valence-corrected chi connectivity index (χ1v) is 24.7. The Morgan fingerprint density at radius 3 is 1.94 bits per heavy atom. The summed E-state index contributed by atoms with van der Waals surface area (Å²) in [7, 11) is 6.09. The number of hydrogen-bond donors (Lipinski definition) is 3. The molecular weight excluding hydrogens is 903 g/mol. The predicted octanol–water partition coefficient (Wildman–Crippen LogP) is 17.6. The number of hydrogen-bond acceptors (Lipinski definition) is 2. The molecule has 0 saturated heterocycles. The first-order valence-electron chi connectivity index (χ1n) is 22.2. The summed E-state index contributed by atoms with van der Waals surface area (Å²) in [5, 5.41) is 6.42. The average Bonchev–Trinajstić information content (AvgIpc) is 3.61. The maximum atomic E-state index is 6.09. The van der Waals surface area contributed by atoms with E-state index in [1.165, 1.54) is 109 Å². The summed E-state index contributed by atoms with van der Waals surface area (Å²) in [4.78, 5) is 3.74. The number of nitrogens with one attached hydrogen (secondary N) is 2. The number of aromatic nitrogens is 1. The lowest BCUT2D eigenvalue weighted by Gasteiger charge is -2.34. The van der Waals surface area contributed by atoms with Gasteiger partial charge in [0, 0.05) is 43.3 Å². The van der Waals surface area contributed by atoms with Crippen LogP contribution in [0.15, 0.2) is 142 Å². The number of anilines is 1. The monoisotopic (exact) mass is 972 g/mol. The van der Waals surface area contributed by atoms with Crippen LogP contribution in [0.4, 0.5) is 5.69 Å². The second-order valence-electron chi connectivity index (χ2n) is 16.6. The minimum atomic E-state index is 0.771. The standard InChI is InChI=1S/C28H20BBrN2.C14H20.C6H14.C4H7Br.C3H6.CH4S/c1-14-10-15-2-6-19-26-16(11-22-21-13-18(30)5-9-24(21)32-28(19)22)3-7-25(27(15)26)31-23-8-4-17(29)12-20(14)23;1-11(2)9-13-5-7-14(8-6-13)10-12(3)4;1-4-6(3)5-2;1-3-4(2)5;1-3-2;1-2/h4-5,8-13,31-32H,1-3,6-7H2;9-10H,1,3,5-8H2,2,4H3;6H,4-5H2,1-3H3;3H,1-2H3;3H,1H2,2H3;2H,1H3/b15-10-;;;4-3+;;. The molecule has 1 fully saturated rings. The van der Waals surface area contributed by atoms with Gasteiger partial charge >= 0.3 is 0 Å². The third kappa shape index (κ3) is 14.7. The number of halogens is 2. The molecule has 1 aliphatic heterocycles. The van der Waals surface area contributed by atoms with Crippen molar-refractivity contribution < 1.29 is 0 Å². The van der Waals surface area contributed by atoms with Crippen LogP contribution in [0.25, 0.3) is 33.0 Å². The average molecular weight is 975 g/mol. The molecule has 3 aliphatic carbocycles. The van der Waals surface area contributed by atoms with Crippen molar-refractivity contribution in [2.24, 2.45) is 5.92 Å². The number of aryl methyl sites for hydroxylation is 2. The van der Waals surface area contributed by atoms with Crippen LogP contribution in [0.2, 0.25) is 0 Å². The molecule has 4 aromatic rings. The first kappa shape index (κ1) is 52.6. The lowest BCUT2D eigenvalue weighted by Crippen LogP contribution is -2.20. The van der Waals surface area contributed by atoms with Gasteiger partial charge in [0.25, 0.3) is 0 Å². The fourth-order valence-corrected chi connectivity index (χ4v) is 8.36. The number of rotatable bonds is 4. The summed E-state index contributed by atoms with van der Waals surface area (Å²) in [6.45, 7) is 32.3. The summed E-state index contributed by atoms with van der Waals surface area (Å²) in [6, 6.07) is 15.0. The molecule has 8 rings (SSSR count). The highest BCUT2D eigenvalue weighted by Gasteiger charge is 2.32. The van der Waals surface area contributed by atoms with Crippen LogP contribution in [-0.2, 0) is 12.8 Å². The Balaban J connectivity index is 0.000000283. The van der Waals surface area contributed by atoms with Crippen LogP contribution in [0, 0.1) is 5.92 Å². The molecule has 1 saturated carbocycles. The van der Waals surface area contributed by atoms with Gasteiger partial charge in [0.05, 0.1) is 5.52 Å². The molecular formula is C56H71BBr2N2S. The van der Waals surface area contributed by atoms with Gasteiger partial charge in [-0.25, -0.2) is 0 Å². The molecule has 1 aromatic heterocycles. The van der Waals surface area contributed by atoms with Crippen LogP contribution in [-0.4, -0.2) is 19.1 Å². The van der Waals surface area contributed by atoms with Crippen molar-refractivity contribution >= 4 is 96.4 Å². The van der Waals surface area contributed by atoms with E-state index in [1.807, 2.05) is 39.0 Å². The summed E-state index contributed by atoms with van der Waals surface area (Å²) in [5.74, 6) is 0.935. The number of H-pyrrole nitrogens is 1. The lowest BCUT2D eigenvalue weighted by molar-refractivity contribution is 0.544. The Kier molecular flexibility index (Phi) is 22.2. The summed E-state index contributed by atoms with van der Waals surface area (Å²) < 4.78 is 2.31. The van der Waals surface area contributed by atoms with Crippen LogP contribution < -0.4 is 10.8 Å². The zero-order chi connectivity index (χ0) is 46.1. The van der Waals surface area contributed by atoms with E-state index in [1.54, 1.807) is 23.5 Å². The number of aromatic amines is 1. The fraction of sp³-hybridized carbons (Fsp3) is 0.357. The number of benzene rings is 3. The van der Waals surface area contributed by atoms with Crippen molar-refractivity contribution in [3.8, 4) is 0 Å². The highest BCUT2D eigenvalue weighted by molar-refractivity contribution is 9.11. The van der Waals surface area contributed by atoms with E-state index in [9.17, 15) is 0 Å². The molecule has 62 heavy (non-hydrogen) atoms. The van der Waals surface area contributed by atoms with Gasteiger partial charge in [-0.2, -0.15) is 12.6 Å². The second-order valence-corrected chi connectivity index (χ2v) is 18.8. The van der Waals surface area contributed by atoms with Crippen LogP contribution >= 0.6 is 44.5 Å². The quantitative estimate of drug-likeness (QED) is 0.106. The lowest BCUT2D eigenvalue weighted by atomic mass is 9.73. The van der Waals surface area contributed by atoms with E-state index in [4.69, 9.17) is 7.85 Å². The van der Waals surface area contributed by atoms with Crippen molar-refractivity contribution in [2.75, 3.05) is 11.6 Å². The van der Waals surface area contributed by atoms with Crippen molar-refractivity contribution in [1.82, 2.24) is 4.98 Å². The predicted molar refractivity (Wildman–Crippen MR) is 293 cm³/mol. The van der Waals surface area contributed by atoms with E-state index >= 15 is 0 Å². The first-order chi connectivity index (χ1) is 29.6. The molecule has 6 heteroatoms. The fourth-order valence-electron chi connectivity index (χ4n) is 7.99. The van der Waals surface area contributed by atoms with E-state index in [2.05, 4.69) is 164 Å². The molecule has 3 aromatic carbocycles. The Bertz CT molecular complexity index is 2350. The van der Waals surface area contributed by atoms with Gasteiger partial charge in [0.2, 0.25) is 0 Å². The molecule has 0 atom stereocenters. The minimum absolute atomic E-state index is 0.771. The third-order valence-corrected chi connectivity index (χ3v) is 12.4. The van der Waals surface area contributed by atoms with Crippen molar-refractivity contribution in [2.45, 2.75) is 120 Å². The van der Waals surface area contributed by atoms with Crippen molar-refractivity contribution in [1.29, 1.82) is 0 Å². The van der Waals surface area contributed by atoms with Gasteiger partial charge in [-0.3, -0.25) is 0 Å². The van der Waals surface area contributed by atoms with Crippen LogP contribution in [0.1, 0.15) is 129 Å². The Hall–Kier alpha value is -3.71. The molecule has 0 bridgehead atoms. The smallest absolute Gasteiger partial charge is 0.113 e. The summed E-state index contributed by atoms with van der Waals surface area (Å²) in [5.41, 5.74) is 20.4. The second kappa shape index (κ2) is 26.2. The van der Waals surface area contributed by atoms with E-state index in [0.717, 1.165) is 58.4 Å². The van der Waals surface area contributed by atoms with Crippen molar-refractivity contribution in [3.05, 3.63) is 164 Å². The molecule has 0 unspecified atom stereocenters. The maximum Gasteiger partial charge on any atom is 0.113 e. The topological polar surface area (TPSA) is 27.8 Å². The third-order valence-electron chi connectivity index (χ3n) is 11.5. The summed E-state index contributed by atoms with van der Waals surface area (Å²) >= 11 is 10.4. The number of allylic oxidation sites excluding steroid dienone is 14. The SMILES string of the molecule is C/C=C(\C)Br.C=C(C)C=C1CCC(=CC(=C)C)CC1.C=CC.CCC(C)CC.CS.[B]c1ccc2c(c1)C(=C)/C=C1/CCc3c4c(cc5c3[nH]c3ccc(Br)cc35)CCC(=C14)N2. The van der Waals surface area contributed by atoms with Gasteiger partial charge in [-0.1, -0.05) is 155 Å². The molecule has 2 radical (unpaired) electrons. The van der Waals surface area contributed by atoms with E-state index < -0.39 is 0 Å². The molecule has 0 spiro atoms. The van der Waals surface area contributed by atoms with Crippen LogP contribution in [0.5, 0.6) is 0 Å². The highest BCUT2D eigenvalue weighted by atomic mass is 79.9. The largest absolute Gasteiger partial charge is 0.358 e. The molecule has 2 N–H and O–H groups in total. The zero-order valence-corrected chi connectivity index (χ0v) is 43.3. The van der Waals surface area contributed by atoms with Gasteiger partial charge in [0.15, 0.2) is 0 Å². The Morgan fingerprint density at radius 1 is 0.839 bits per heavy atom. The number of thiol groups is 1. The maximum absolute atomic E-state index is 6.09. The van der Waals surface area contributed by atoms with Gasteiger partial charge < -0.3 is 10.3 Å². The van der Waals surface area contributed by atoms with Gasteiger partial charge in [-0.05, 0) is 161 Å². The summed E-state index contributed by atoms with van der Waals surface area (Å²) in [6.07, 6.45) is 23.8. The van der Waals surface area contributed by atoms with Gasteiger partial charge in [-0.15, -0.1) is 6.58 Å². The normalized spacial score (nSPS) is 15.5. The molecule has 0 amide bonds. The zero-order valence-electron chi connectivity index (χ0n) is 39.2. The number of fused-ring (bicyclic) bond motifs is 5.